The summed E-state index contributed by atoms with van der Waals surface area (Å²) in [6, 6.07) is 3.96. The Labute approximate surface area is 117 Å². The second-order valence-corrected chi connectivity index (χ2v) is 5.10. The van der Waals surface area contributed by atoms with Crippen LogP contribution in [0.25, 0.3) is 5.69 Å². The van der Waals surface area contributed by atoms with Gasteiger partial charge in [-0.25, -0.2) is 13.5 Å². The van der Waals surface area contributed by atoms with Gasteiger partial charge in [-0.2, -0.15) is 5.10 Å². The Morgan fingerprint density at radius 1 is 1.30 bits per heavy atom. The van der Waals surface area contributed by atoms with Gasteiger partial charge < -0.3 is 5.32 Å². The largest absolute Gasteiger partial charge is 0.315 e. The van der Waals surface area contributed by atoms with Crippen LogP contribution in [-0.4, -0.2) is 22.4 Å². The van der Waals surface area contributed by atoms with Gasteiger partial charge >= 0.3 is 0 Å². The molecule has 0 spiro atoms. The molecule has 2 rings (SSSR count). The molecule has 0 aliphatic rings. The summed E-state index contributed by atoms with van der Waals surface area (Å²) in [5.41, 5.74) is 1.30. The maximum Gasteiger partial charge on any atom is 0.151 e. The van der Waals surface area contributed by atoms with E-state index in [9.17, 15) is 8.78 Å². The number of benzene rings is 1. The van der Waals surface area contributed by atoms with Crippen molar-refractivity contribution in [3.8, 4) is 5.69 Å². The van der Waals surface area contributed by atoms with E-state index in [1.807, 2.05) is 0 Å². The van der Waals surface area contributed by atoms with Crippen LogP contribution in [0.15, 0.2) is 30.6 Å². The zero-order chi connectivity index (χ0) is 14.5. The van der Waals surface area contributed by atoms with Crippen molar-refractivity contribution in [2.75, 3.05) is 6.54 Å². The third-order valence-corrected chi connectivity index (χ3v) is 2.99. The molecule has 0 atom stereocenters. The van der Waals surface area contributed by atoms with Gasteiger partial charge in [0.2, 0.25) is 0 Å². The summed E-state index contributed by atoms with van der Waals surface area (Å²) in [6.07, 6.45) is 5.38. The summed E-state index contributed by atoms with van der Waals surface area (Å²) in [6.45, 7) is 5.15. The zero-order valence-electron chi connectivity index (χ0n) is 11.7. The summed E-state index contributed by atoms with van der Waals surface area (Å²) >= 11 is 0. The number of hydrogen-bond donors (Lipinski definition) is 1. The Hall–Kier alpha value is -1.75. The van der Waals surface area contributed by atoms with Gasteiger partial charge in [0, 0.05) is 18.3 Å². The van der Waals surface area contributed by atoms with Crippen LogP contribution in [0.3, 0.4) is 0 Å². The van der Waals surface area contributed by atoms with E-state index in [4.69, 9.17) is 0 Å². The fraction of sp³-hybridized carbons (Fsp3) is 0.400. The van der Waals surface area contributed by atoms with Crippen molar-refractivity contribution in [1.29, 1.82) is 0 Å². The zero-order valence-corrected chi connectivity index (χ0v) is 11.7. The molecule has 1 aromatic carbocycles. The highest BCUT2D eigenvalue weighted by atomic mass is 19.1. The van der Waals surface area contributed by atoms with Gasteiger partial charge in [-0.05, 0) is 37.1 Å². The van der Waals surface area contributed by atoms with Crippen molar-refractivity contribution < 1.29 is 8.78 Å². The third-order valence-electron chi connectivity index (χ3n) is 2.99. The van der Waals surface area contributed by atoms with Crippen LogP contribution < -0.4 is 5.32 Å². The molecule has 0 amide bonds. The van der Waals surface area contributed by atoms with Crippen LogP contribution >= 0.6 is 0 Å². The predicted molar refractivity (Wildman–Crippen MR) is 74.9 cm³/mol. The van der Waals surface area contributed by atoms with Crippen molar-refractivity contribution in [2.45, 2.75) is 32.7 Å². The lowest BCUT2D eigenvalue weighted by atomic mass is 10.2. The minimum Gasteiger partial charge on any atom is -0.315 e. The van der Waals surface area contributed by atoms with Crippen LogP contribution in [0, 0.1) is 11.6 Å². The van der Waals surface area contributed by atoms with Gasteiger partial charge in [0.05, 0.1) is 6.20 Å². The van der Waals surface area contributed by atoms with Gasteiger partial charge in [-0.1, -0.05) is 13.8 Å². The van der Waals surface area contributed by atoms with Gasteiger partial charge in [0.25, 0.3) is 0 Å². The molecular weight excluding hydrogens is 260 g/mol. The normalized spacial score (nSPS) is 11.2. The van der Waals surface area contributed by atoms with E-state index in [0.29, 0.717) is 6.04 Å². The molecule has 5 heteroatoms. The number of nitrogens with zero attached hydrogens (tertiary/aromatic N) is 2. The molecule has 0 unspecified atom stereocenters. The van der Waals surface area contributed by atoms with E-state index in [1.165, 1.54) is 16.8 Å². The summed E-state index contributed by atoms with van der Waals surface area (Å²) in [4.78, 5) is 0. The monoisotopic (exact) mass is 279 g/mol. The minimum absolute atomic E-state index is 0.262. The number of halogens is 2. The van der Waals surface area contributed by atoms with E-state index in [-0.39, 0.29) is 5.69 Å². The van der Waals surface area contributed by atoms with E-state index in [1.54, 1.807) is 12.4 Å². The Morgan fingerprint density at radius 2 is 2.10 bits per heavy atom. The van der Waals surface area contributed by atoms with E-state index >= 15 is 0 Å². The maximum atomic E-state index is 13.6. The number of hydrogen-bond acceptors (Lipinski definition) is 2. The third kappa shape index (κ3) is 3.87. The molecule has 1 heterocycles. The van der Waals surface area contributed by atoms with Crippen LogP contribution in [0.5, 0.6) is 0 Å². The Kier molecular flexibility index (Phi) is 4.84. The molecule has 3 nitrogen and oxygen atoms in total. The van der Waals surface area contributed by atoms with Gasteiger partial charge in [0.1, 0.15) is 11.5 Å². The predicted octanol–water partition coefficient (Wildman–Crippen LogP) is 3.08. The first-order valence-corrected chi connectivity index (χ1v) is 6.78. The van der Waals surface area contributed by atoms with Crippen LogP contribution in [0.2, 0.25) is 0 Å². The molecule has 0 bridgehead atoms. The highest BCUT2D eigenvalue weighted by Gasteiger charge is 2.07. The van der Waals surface area contributed by atoms with Crippen molar-refractivity contribution in [3.05, 3.63) is 47.8 Å². The van der Waals surface area contributed by atoms with Gasteiger partial charge in [0.15, 0.2) is 5.82 Å². The second kappa shape index (κ2) is 6.61. The Balaban J connectivity index is 1.98. The average molecular weight is 279 g/mol. The Bertz CT molecular complexity index is 564. The van der Waals surface area contributed by atoms with Crippen molar-refractivity contribution in [3.63, 3.8) is 0 Å². The smallest absolute Gasteiger partial charge is 0.151 e. The molecule has 0 saturated heterocycles. The highest BCUT2D eigenvalue weighted by Crippen LogP contribution is 2.15. The van der Waals surface area contributed by atoms with Crippen molar-refractivity contribution in [1.82, 2.24) is 15.1 Å². The second-order valence-electron chi connectivity index (χ2n) is 5.10. The lowest BCUT2D eigenvalue weighted by Crippen LogP contribution is -2.23. The topological polar surface area (TPSA) is 29.9 Å². The fourth-order valence-electron chi connectivity index (χ4n) is 1.97. The highest BCUT2D eigenvalue weighted by molar-refractivity contribution is 5.33. The van der Waals surface area contributed by atoms with Crippen molar-refractivity contribution in [2.24, 2.45) is 0 Å². The first kappa shape index (κ1) is 14.7. The van der Waals surface area contributed by atoms with Crippen LogP contribution in [-0.2, 0) is 6.42 Å². The minimum atomic E-state index is -0.610. The maximum absolute atomic E-state index is 13.6. The summed E-state index contributed by atoms with van der Waals surface area (Å²) in [5.74, 6) is -1.19. The Morgan fingerprint density at radius 3 is 2.80 bits per heavy atom. The molecular formula is C15H19F2N3. The van der Waals surface area contributed by atoms with E-state index < -0.39 is 11.6 Å². The lowest BCUT2D eigenvalue weighted by Gasteiger charge is -2.06. The van der Waals surface area contributed by atoms with Crippen LogP contribution in [0.1, 0.15) is 25.8 Å². The molecule has 1 aromatic heterocycles. The molecule has 20 heavy (non-hydrogen) atoms. The van der Waals surface area contributed by atoms with Gasteiger partial charge in [-0.15, -0.1) is 0 Å². The first-order valence-electron chi connectivity index (χ1n) is 6.78. The first-order chi connectivity index (χ1) is 9.56. The molecule has 2 aromatic rings. The summed E-state index contributed by atoms with van der Waals surface area (Å²) in [7, 11) is 0. The van der Waals surface area contributed by atoms with Crippen molar-refractivity contribution >= 4 is 0 Å². The lowest BCUT2D eigenvalue weighted by molar-refractivity contribution is 0.570. The number of aryl methyl sites for hydroxylation is 1. The van der Waals surface area contributed by atoms with Gasteiger partial charge in [-0.3, -0.25) is 0 Å². The molecule has 0 aliphatic heterocycles. The molecule has 108 valence electrons. The number of aromatic nitrogens is 2. The number of rotatable bonds is 6. The molecule has 0 aliphatic carbocycles. The molecule has 0 saturated carbocycles. The summed E-state index contributed by atoms with van der Waals surface area (Å²) in [5, 5.41) is 7.47. The standard InChI is InChI=1S/C15H19F2N3/c1-11(2)18-7-3-4-12-9-19-20(10-12)15-6-5-13(16)8-14(15)17/h5-6,8-11,18H,3-4,7H2,1-2H3. The fourth-order valence-corrected chi connectivity index (χ4v) is 1.97. The molecule has 0 fully saturated rings. The number of nitrogens with one attached hydrogen (secondary N) is 1. The quantitative estimate of drug-likeness (QED) is 0.824. The average Bonchev–Trinajstić information content (AvgIpc) is 2.83. The summed E-state index contributed by atoms with van der Waals surface area (Å²) < 4.78 is 27.9. The molecule has 0 radical (unpaired) electrons. The molecule has 1 N–H and O–H groups in total. The van der Waals surface area contributed by atoms with E-state index in [2.05, 4.69) is 24.3 Å². The SMILES string of the molecule is CC(C)NCCCc1cnn(-c2ccc(F)cc2F)c1. The van der Waals surface area contributed by atoms with E-state index in [0.717, 1.165) is 31.0 Å². The van der Waals surface area contributed by atoms with Crippen LogP contribution in [0.4, 0.5) is 8.78 Å².